The summed E-state index contributed by atoms with van der Waals surface area (Å²) in [6.07, 6.45) is 1.69. The predicted molar refractivity (Wildman–Crippen MR) is 80.6 cm³/mol. The molecule has 2 heterocycles. The van der Waals surface area contributed by atoms with E-state index in [1.54, 1.807) is 13.3 Å². The van der Waals surface area contributed by atoms with Crippen LogP contribution in [0.1, 0.15) is 5.56 Å². The Balaban J connectivity index is 1.78. The molecule has 2 aromatic rings. The third-order valence-corrected chi connectivity index (χ3v) is 3.38. The van der Waals surface area contributed by atoms with Gasteiger partial charge < -0.3 is 19.5 Å². The van der Waals surface area contributed by atoms with Crippen molar-refractivity contribution in [3.8, 4) is 17.4 Å². The van der Waals surface area contributed by atoms with Gasteiger partial charge >= 0.3 is 0 Å². The number of nitrogens with zero attached hydrogens (tertiary/aromatic N) is 1. The fourth-order valence-corrected chi connectivity index (χ4v) is 2.44. The molecule has 0 radical (unpaired) electrons. The van der Waals surface area contributed by atoms with Gasteiger partial charge in [0, 0.05) is 12.7 Å². The van der Waals surface area contributed by atoms with E-state index in [-0.39, 0.29) is 0 Å². The van der Waals surface area contributed by atoms with Crippen molar-refractivity contribution >= 4 is 17.3 Å². The molecule has 0 spiro atoms. The molecule has 0 fully saturated rings. The van der Waals surface area contributed by atoms with Crippen molar-refractivity contribution in [1.29, 1.82) is 0 Å². The maximum absolute atomic E-state index is 6.22. The van der Waals surface area contributed by atoms with Crippen molar-refractivity contribution in [1.82, 2.24) is 4.98 Å². The molecule has 0 saturated heterocycles. The molecule has 0 amide bonds. The van der Waals surface area contributed by atoms with E-state index in [0.717, 1.165) is 11.3 Å². The number of halogens is 1. The molecule has 1 aliphatic rings. The SMILES string of the molecule is COc1ncccc1NCc1cc(Cl)c2c(c1)OCCO2. The number of nitrogens with one attached hydrogen (secondary N) is 1. The lowest BCUT2D eigenvalue weighted by atomic mass is 10.2. The first-order chi connectivity index (χ1) is 10.3. The third-order valence-electron chi connectivity index (χ3n) is 3.10. The highest BCUT2D eigenvalue weighted by Gasteiger charge is 2.16. The summed E-state index contributed by atoms with van der Waals surface area (Å²) >= 11 is 6.22. The molecule has 0 bridgehead atoms. The molecule has 1 aliphatic heterocycles. The number of hydrogen-bond donors (Lipinski definition) is 1. The topological polar surface area (TPSA) is 52.6 Å². The van der Waals surface area contributed by atoms with Crippen LogP contribution in [-0.4, -0.2) is 25.3 Å². The Hall–Kier alpha value is -2.14. The number of fused-ring (bicyclic) bond motifs is 1. The number of benzene rings is 1. The molecule has 0 unspecified atom stereocenters. The van der Waals surface area contributed by atoms with Crippen molar-refractivity contribution in [2.45, 2.75) is 6.54 Å². The molecule has 1 aromatic carbocycles. The zero-order chi connectivity index (χ0) is 14.7. The fourth-order valence-electron chi connectivity index (χ4n) is 2.15. The van der Waals surface area contributed by atoms with Gasteiger partial charge in [-0.3, -0.25) is 0 Å². The number of ether oxygens (including phenoxy) is 3. The summed E-state index contributed by atoms with van der Waals surface area (Å²) in [6, 6.07) is 7.55. The molecule has 21 heavy (non-hydrogen) atoms. The van der Waals surface area contributed by atoms with Crippen LogP contribution in [0.5, 0.6) is 17.4 Å². The Morgan fingerprint density at radius 1 is 1.33 bits per heavy atom. The van der Waals surface area contributed by atoms with Crippen molar-refractivity contribution in [2.24, 2.45) is 0 Å². The van der Waals surface area contributed by atoms with Crippen LogP contribution in [0.2, 0.25) is 5.02 Å². The van der Waals surface area contributed by atoms with E-state index in [0.29, 0.717) is 42.2 Å². The molecular formula is C15H15ClN2O3. The summed E-state index contributed by atoms with van der Waals surface area (Å²) in [5.74, 6) is 1.86. The Morgan fingerprint density at radius 3 is 3.05 bits per heavy atom. The lowest BCUT2D eigenvalue weighted by Gasteiger charge is -2.20. The van der Waals surface area contributed by atoms with Crippen LogP contribution < -0.4 is 19.5 Å². The number of pyridine rings is 1. The molecule has 0 aliphatic carbocycles. The Bertz CT molecular complexity index is 649. The largest absolute Gasteiger partial charge is 0.486 e. The minimum Gasteiger partial charge on any atom is -0.486 e. The number of aromatic nitrogens is 1. The molecule has 1 aromatic heterocycles. The summed E-state index contributed by atoms with van der Waals surface area (Å²) < 4.78 is 16.3. The number of anilines is 1. The summed E-state index contributed by atoms with van der Waals surface area (Å²) in [6.45, 7) is 1.65. The lowest BCUT2D eigenvalue weighted by Crippen LogP contribution is -2.16. The summed E-state index contributed by atoms with van der Waals surface area (Å²) in [4.78, 5) is 4.14. The first-order valence-electron chi connectivity index (χ1n) is 6.59. The van der Waals surface area contributed by atoms with Crippen LogP contribution >= 0.6 is 11.6 Å². The average molecular weight is 307 g/mol. The second-order valence-electron chi connectivity index (χ2n) is 4.52. The summed E-state index contributed by atoms with van der Waals surface area (Å²) in [7, 11) is 1.59. The molecule has 110 valence electrons. The number of hydrogen-bond acceptors (Lipinski definition) is 5. The quantitative estimate of drug-likeness (QED) is 0.940. The minimum absolute atomic E-state index is 0.525. The van der Waals surface area contributed by atoms with Gasteiger partial charge in [0.25, 0.3) is 0 Å². The number of rotatable bonds is 4. The van der Waals surface area contributed by atoms with E-state index < -0.39 is 0 Å². The Kier molecular flexibility index (Phi) is 4.01. The van der Waals surface area contributed by atoms with Crippen molar-refractivity contribution in [2.75, 3.05) is 25.6 Å². The van der Waals surface area contributed by atoms with Crippen LogP contribution in [0.25, 0.3) is 0 Å². The van der Waals surface area contributed by atoms with E-state index >= 15 is 0 Å². The molecular weight excluding hydrogens is 292 g/mol. The number of methoxy groups -OCH3 is 1. The molecule has 0 atom stereocenters. The third kappa shape index (κ3) is 2.97. The van der Waals surface area contributed by atoms with Crippen molar-refractivity contribution < 1.29 is 14.2 Å². The molecule has 5 nitrogen and oxygen atoms in total. The second kappa shape index (κ2) is 6.10. The van der Waals surface area contributed by atoms with Gasteiger partial charge in [-0.1, -0.05) is 11.6 Å². The van der Waals surface area contributed by atoms with Gasteiger partial charge in [0.2, 0.25) is 5.88 Å². The lowest BCUT2D eigenvalue weighted by molar-refractivity contribution is 0.171. The molecule has 3 rings (SSSR count). The van der Waals surface area contributed by atoms with Gasteiger partial charge in [-0.15, -0.1) is 0 Å². The minimum atomic E-state index is 0.525. The first-order valence-corrected chi connectivity index (χ1v) is 6.96. The van der Waals surface area contributed by atoms with Gasteiger partial charge in [-0.05, 0) is 29.8 Å². The monoisotopic (exact) mass is 306 g/mol. The average Bonchev–Trinajstić information content (AvgIpc) is 2.53. The second-order valence-corrected chi connectivity index (χ2v) is 4.92. The first kappa shape index (κ1) is 13.8. The van der Waals surface area contributed by atoms with E-state index in [1.165, 1.54) is 0 Å². The fraction of sp³-hybridized carbons (Fsp3) is 0.267. The highest BCUT2D eigenvalue weighted by atomic mass is 35.5. The smallest absolute Gasteiger partial charge is 0.237 e. The standard InChI is InChI=1S/C15H15ClN2O3/c1-19-15-12(3-2-4-17-15)18-9-10-7-11(16)14-13(8-10)20-5-6-21-14/h2-4,7-8,18H,5-6,9H2,1H3. The molecule has 0 saturated carbocycles. The highest BCUT2D eigenvalue weighted by molar-refractivity contribution is 6.32. The molecule has 6 heteroatoms. The maximum atomic E-state index is 6.22. The van der Waals surface area contributed by atoms with Crippen LogP contribution in [0, 0.1) is 0 Å². The molecule has 1 N–H and O–H groups in total. The highest BCUT2D eigenvalue weighted by Crippen LogP contribution is 2.38. The van der Waals surface area contributed by atoms with Gasteiger partial charge in [0.05, 0.1) is 17.8 Å². The van der Waals surface area contributed by atoms with Gasteiger partial charge in [0.1, 0.15) is 13.2 Å². The van der Waals surface area contributed by atoms with Gasteiger partial charge in [0.15, 0.2) is 11.5 Å². The van der Waals surface area contributed by atoms with E-state index in [2.05, 4.69) is 10.3 Å². The van der Waals surface area contributed by atoms with Crippen LogP contribution in [0.4, 0.5) is 5.69 Å². The summed E-state index contributed by atoms with van der Waals surface area (Å²) in [5.41, 5.74) is 1.82. The van der Waals surface area contributed by atoms with Crippen LogP contribution in [0.15, 0.2) is 30.5 Å². The Labute approximate surface area is 127 Å². The van der Waals surface area contributed by atoms with E-state index in [1.807, 2.05) is 24.3 Å². The van der Waals surface area contributed by atoms with E-state index in [4.69, 9.17) is 25.8 Å². The van der Waals surface area contributed by atoms with Crippen LogP contribution in [0.3, 0.4) is 0 Å². The van der Waals surface area contributed by atoms with Crippen molar-refractivity contribution in [3.05, 3.63) is 41.0 Å². The van der Waals surface area contributed by atoms with Gasteiger partial charge in [-0.2, -0.15) is 0 Å². The maximum Gasteiger partial charge on any atom is 0.237 e. The predicted octanol–water partition coefficient (Wildman–Crippen LogP) is 3.13. The zero-order valence-corrected chi connectivity index (χ0v) is 12.3. The van der Waals surface area contributed by atoms with E-state index in [9.17, 15) is 0 Å². The Morgan fingerprint density at radius 2 is 2.19 bits per heavy atom. The van der Waals surface area contributed by atoms with Gasteiger partial charge in [-0.25, -0.2) is 4.98 Å². The zero-order valence-electron chi connectivity index (χ0n) is 11.6. The van der Waals surface area contributed by atoms with Crippen LogP contribution in [-0.2, 0) is 6.54 Å². The summed E-state index contributed by atoms with van der Waals surface area (Å²) in [5, 5.41) is 3.83. The normalized spacial score (nSPS) is 12.9. The van der Waals surface area contributed by atoms with Crippen molar-refractivity contribution in [3.63, 3.8) is 0 Å².